The topological polar surface area (TPSA) is 75.6 Å². The Morgan fingerprint density at radius 3 is 2.27 bits per heavy atom. The summed E-state index contributed by atoms with van der Waals surface area (Å²) in [6.07, 6.45) is 1.05. The summed E-state index contributed by atoms with van der Waals surface area (Å²) in [5.41, 5.74) is -0.944. The molecular formula is C9H21NO4S. The molecule has 5 nitrogen and oxygen atoms in total. The number of aliphatic hydroxyl groups is 1. The second kappa shape index (κ2) is 6.42. The van der Waals surface area contributed by atoms with Crippen molar-refractivity contribution < 1.29 is 18.3 Å². The molecule has 0 aromatic heterocycles. The SMILES string of the molecule is CCC(O)(CC)CNS(=O)(=O)CCOC. The smallest absolute Gasteiger partial charge is 0.213 e. The average molecular weight is 239 g/mol. The van der Waals surface area contributed by atoms with Crippen molar-refractivity contribution >= 4 is 10.0 Å². The van der Waals surface area contributed by atoms with E-state index in [4.69, 9.17) is 0 Å². The molecule has 0 rings (SSSR count). The van der Waals surface area contributed by atoms with Gasteiger partial charge in [-0.25, -0.2) is 13.1 Å². The monoisotopic (exact) mass is 239 g/mol. The lowest BCUT2D eigenvalue weighted by atomic mass is 9.98. The molecule has 0 bridgehead atoms. The van der Waals surface area contributed by atoms with E-state index < -0.39 is 15.6 Å². The zero-order chi connectivity index (χ0) is 11.9. The van der Waals surface area contributed by atoms with Crippen LogP contribution >= 0.6 is 0 Å². The Kier molecular flexibility index (Phi) is 6.35. The van der Waals surface area contributed by atoms with Crippen LogP contribution in [0.25, 0.3) is 0 Å². The van der Waals surface area contributed by atoms with Gasteiger partial charge in [-0.15, -0.1) is 0 Å². The van der Waals surface area contributed by atoms with Gasteiger partial charge in [-0.1, -0.05) is 13.8 Å². The molecule has 2 N–H and O–H groups in total. The minimum absolute atomic E-state index is 0.0616. The molecule has 0 unspecified atom stereocenters. The Morgan fingerprint density at radius 2 is 1.87 bits per heavy atom. The van der Waals surface area contributed by atoms with Crippen molar-refractivity contribution in [2.45, 2.75) is 32.3 Å². The molecule has 92 valence electrons. The van der Waals surface area contributed by atoms with Gasteiger partial charge in [0.25, 0.3) is 0 Å². The molecule has 0 saturated carbocycles. The quantitative estimate of drug-likeness (QED) is 0.630. The van der Waals surface area contributed by atoms with Crippen molar-refractivity contribution in [2.24, 2.45) is 0 Å². The first-order valence-electron chi connectivity index (χ1n) is 5.08. The fourth-order valence-corrected chi connectivity index (χ4v) is 2.03. The van der Waals surface area contributed by atoms with E-state index in [9.17, 15) is 13.5 Å². The predicted molar refractivity (Wildman–Crippen MR) is 59.2 cm³/mol. The highest BCUT2D eigenvalue weighted by Crippen LogP contribution is 2.13. The number of hydrogen-bond donors (Lipinski definition) is 2. The molecule has 0 aromatic rings. The van der Waals surface area contributed by atoms with E-state index in [2.05, 4.69) is 9.46 Å². The lowest BCUT2D eigenvalue weighted by Gasteiger charge is -2.25. The van der Waals surface area contributed by atoms with Crippen LogP contribution in [0.5, 0.6) is 0 Å². The number of rotatable bonds is 8. The summed E-state index contributed by atoms with van der Waals surface area (Å²) < 4.78 is 29.8. The third kappa shape index (κ3) is 6.09. The zero-order valence-corrected chi connectivity index (χ0v) is 10.4. The first-order valence-corrected chi connectivity index (χ1v) is 6.73. The van der Waals surface area contributed by atoms with E-state index in [1.54, 1.807) is 0 Å². The van der Waals surface area contributed by atoms with Crippen LogP contribution < -0.4 is 4.72 Å². The standard InChI is InChI=1S/C9H21NO4S/c1-4-9(11,5-2)8-10-15(12,13)7-6-14-3/h10-11H,4-8H2,1-3H3. The Labute approximate surface area is 91.9 Å². The van der Waals surface area contributed by atoms with E-state index in [0.717, 1.165) is 0 Å². The summed E-state index contributed by atoms with van der Waals surface area (Å²) >= 11 is 0. The van der Waals surface area contributed by atoms with Crippen molar-refractivity contribution in [1.29, 1.82) is 0 Å². The van der Waals surface area contributed by atoms with Crippen LogP contribution in [0.2, 0.25) is 0 Å². The van der Waals surface area contributed by atoms with E-state index in [1.165, 1.54) is 7.11 Å². The van der Waals surface area contributed by atoms with Gasteiger partial charge in [-0.3, -0.25) is 0 Å². The fraction of sp³-hybridized carbons (Fsp3) is 1.00. The number of sulfonamides is 1. The molecule has 0 spiro atoms. The average Bonchev–Trinajstić information content (AvgIpc) is 2.23. The van der Waals surface area contributed by atoms with Crippen LogP contribution in [0.15, 0.2) is 0 Å². The van der Waals surface area contributed by atoms with Crippen LogP contribution in [-0.2, 0) is 14.8 Å². The van der Waals surface area contributed by atoms with Gasteiger partial charge in [0.1, 0.15) is 0 Å². The van der Waals surface area contributed by atoms with E-state index in [1.807, 2.05) is 13.8 Å². The first kappa shape index (κ1) is 14.8. The molecule has 0 aromatic carbocycles. The van der Waals surface area contributed by atoms with Crippen LogP contribution in [0.4, 0.5) is 0 Å². The van der Waals surface area contributed by atoms with Gasteiger partial charge < -0.3 is 9.84 Å². The second-order valence-corrected chi connectivity index (χ2v) is 5.49. The summed E-state index contributed by atoms with van der Waals surface area (Å²) in [7, 11) is -1.88. The van der Waals surface area contributed by atoms with Gasteiger partial charge >= 0.3 is 0 Å². The highest BCUT2D eigenvalue weighted by Gasteiger charge is 2.24. The highest BCUT2D eigenvalue weighted by molar-refractivity contribution is 7.89. The molecule has 0 saturated heterocycles. The molecule has 15 heavy (non-hydrogen) atoms. The minimum Gasteiger partial charge on any atom is -0.389 e. The van der Waals surface area contributed by atoms with Gasteiger partial charge in [0.05, 0.1) is 18.0 Å². The molecule has 0 radical (unpaired) electrons. The van der Waals surface area contributed by atoms with Gasteiger partial charge in [-0.2, -0.15) is 0 Å². The third-order valence-corrected chi connectivity index (χ3v) is 3.78. The van der Waals surface area contributed by atoms with Gasteiger partial charge in [0.2, 0.25) is 10.0 Å². The lowest BCUT2D eigenvalue weighted by Crippen LogP contribution is -2.43. The predicted octanol–water partition coefficient (Wildman–Crippen LogP) is 0.103. The molecule has 0 amide bonds. The van der Waals surface area contributed by atoms with E-state index >= 15 is 0 Å². The summed E-state index contributed by atoms with van der Waals surface area (Å²) in [5.74, 6) is -0.0764. The van der Waals surface area contributed by atoms with Crippen molar-refractivity contribution in [3.63, 3.8) is 0 Å². The highest BCUT2D eigenvalue weighted by atomic mass is 32.2. The van der Waals surface area contributed by atoms with E-state index in [0.29, 0.717) is 12.8 Å². The number of nitrogens with one attached hydrogen (secondary N) is 1. The number of methoxy groups -OCH3 is 1. The number of hydrogen-bond acceptors (Lipinski definition) is 4. The van der Waals surface area contributed by atoms with Crippen LogP contribution in [0.1, 0.15) is 26.7 Å². The molecule has 0 aliphatic heterocycles. The number of ether oxygens (including phenoxy) is 1. The molecule has 0 heterocycles. The Balaban J connectivity index is 4.13. The largest absolute Gasteiger partial charge is 0.389 e. The molecule has 0 aliphatic rings. The zero-order valence-electron chi connectivity index (χ0n) is 9.62. The van der Waals surface area contributed by atoms with E-state index in [-0.39, 0.29) is 18.9 Å². The van der Waals surface area contributed by atoms with Crippen LogP contribution in [-0.4, -0.2) is 45.1 Å². The Hall–Kier alpha value is -0.170. The van der Waals surface area contributed by atoms with Crippen molar-refractivity contribution in [3.8, 4) is 0 Å². The lowest BCUT2D eigenvalue weighted by molar-refractivity contribution is 0.0377. The Morgan fingerprint density at radius 1 is 1.33 bits per heavy atom. The summed E-state index contributed by atoms with van der Waals surface area (Å²) in [4.78, 5) is 0. The maximum Gasteiger partial charge on any atom is 0.213 e. The first-order chi connectivity index (χ1) is 6.89. The maximum absolute atomic E-state index is 11.4. The van der Waals surface area contributed by atoms with Crippen LogP contribution in [0.3, 0.4) is 0 Å². The molecule has 6 heteroatoms. The van der Waals surface area contributed by atoms with Crippen molar-refractivity contribution in [1.82, 2.24) is 4.72 Å². The van der Waals surface area contributed by atoms with Crippen molar-refractivity contribution in [3.05, 3.63) is 0 Å². The molecule has 0 aliphatic carbocycles. The molecule has 0 fully saturated rings. The fourth-order valence-electron chi connectivity index (χ4n) is 1.01. The van der Waals surface area contributed by atoms with Gasteiger partial charge in [-0.05, 0) is 12.8 Å². The summed E-state index contributed by atoms with van der Waals surface area (Å²) in [6, 6.07) is 0. The van der Waals surface area contributed by atoms with Gasteiger partial charge in [0, 0.05) is 13.7 Å². The van der Waals surface area contributed by atoms with Crippen molar-refractivity contribution in [2.75, 3.05) is 26.0 Å². The summed E-state index contributed by atoms with van der Waals surface area (Å²) in [5, 5.41) is 9.86. The molecular weight excluding hydrogens is 218 g/mol. The minimum atomic E-state index is -3.33. The normalized spacial score (nSPS) is 13.1. The Bertz CT molecular complexity index is 259. The van der Waals surface area contributed by atoms with Gasteiger partial charge in [0.15, 0.2) is 0 Å². The summed E-state index contributed by atoms with van der Waals surface area (Å²) in [6.45, 7) is 3.87. The third-order valence-electron chi connectivity index (χ3n) is 2.49. The van der Waals surface area contributed by atoms with Crippen LogP contribution in [0, 0.1) is 0 Å². The second-order valence-electron chi connectivity index (χ2n) is 3.56. The molecule has 0 atom stereocenters. The maximum atomic E-state index is 11.4.